The first-order chi connectivity index (χ1) is 17.4. The van der Waals surface area contributed by atoms with Crippen LogP contribution < -0.4 is 5.56 Å². The molecule has 36 heavy (non-hydrogen) atoms. The van der Waals surface area contributed by atoms with E-state index in [1.165, 1.54) is 47.4 Å². The van der Waals surface area contributed by atoms with Crippen LogP contribution in [0.5, 0.6) is 5.75 Å². The molecule has 2 saturated heterocycles. The Morgan fingerprint density at radius 1 is 1.11 bits per heavy atom. The molecule has 3 saturated carbocycles. The zero-order valence-corrected chi connectivity index (χ0v) is 21.0. The van der Waals surface area contributed by atoms with Crippen molar-refractivity contribution in [1.82, 2.24) is 14.4 Å². The van der Waals surface area contributed by atoms with E-state index >= 15 is 0 Å². The first-order valence-electron chi connectivity index (χ1n) is 14.0. The van der Waals surface area contributed by atoms with Crippen LogP contribution in [-0.2, 0) is 18.9 Å². The number of phenols is 1. The van der Waals surface area contributed by atoms with Gasteiger partial charge in [0.05, 0.1) is 0 Å². The highest BCUT2D eigenvalue weighted by atomic mass is 16.3. The van der Waals surface area contributed by atoms with Crippen LogP contribution in [0.1, 0.15) is 66.6 Å². The van der Waals surface area contributed by atoms with Crippen LogP contribution in [0.25, 0.3) is 0 Å². The van der Waals surface area contributed by atoms with Crippen molar-refractivity contribution in [3.63, 3.8) is 0 Å². The molecule has 6 atom stereocenters. The van der Waals surface area contributed by atoms with Gasteiger partial charge in [-0.1, -0.05) is 18.6 Å². The molecule has 4 aliphatic carbocycles. The molecule has 2 aliphatic heterocycles. The summed E-state index contributed by atoms with van der Waals surface area (Å²) in [5, 5.41) is 10.6. The molecular formula is C30H35N3O3. The van der Waals surface area contributed by atoms with Gasteiger partial charge in [0, 0.05) is 43.2 Å². The Bertz CT molecular complexity index is 1350. The molecule has 2 aromatic rings. The van der Waals surface area contributed by atoms with Gasteiger partial charge in [-0.25, -0.2) is 0 Å². The lowest BCUT2D eigenvalue weighted by Crippen LogP contribution is -2.71. The third-order valence-electron chi connectivity index (χ3n) is 11.7. The first-order valence-corrected chi connectivity index (χ1v) is 14.0. The maximum Gasteiger partial charge on any atom is 0.270 e. The van der Waals surface area contributed by atoms with Crippen molar-refractivity contribution in [2.75, 3.05) is 13.1 Å². The Morgan fingerprint density at radius 2 is 1.97 bits per heavy atom. The molecule has 0 radical (unpaired) electrons. The molecule has 1 aromatic carbocycles. The van der Waals surface area contributed by atoms with Gasteiger partial charge >= 0.3 is 0 Å². The van der Waals surface area contributed by atoms with Gasteiger partial charge in [0.15, 0.2) is 0 Å². The van der Waals surface area contributed by atoms with Gasteiger partial charge in [-0.3, -0.25) is 14.5 Å². The van der Waals surface area contributed by atoms with Gasteiger partial charge in [-0.2, -0.15) is 0 Å². The van der Waals surface area contributed by atoms with Crippen molar-refractivity contribution in [2.24, 2.45) is 24.3 Å². The summed E-state index contributed by atoms with van der Waals surface area (Å²) in [6, 6.07) is 12.7. The zero-order valence-electron chi connectivity index (χ0n) is 21.0. The fourth-order valence-corrected chi connectivity index (χ4v) is 10.3. The maximum absolute atomic E-state index is 13.9. The number of likely N-dealkylation sites (tertiary alicyclic amines) is 2. The third kappa shape index (κ3) is 2.38. The molecule has 5 fully saturated rings. The molecule has 0 spiro atoms. The molecule has 1 amide bonds. The van der Waals surface area contributed by atoms with Gasteiger partial charge in [0.1, 0.15) is 11.4 Å². The Balaban J connectivity index is 1.26. The number of nitrogens with zero attached hydrogens (tertiary/aromatic N) is 3. The van der Waals surface area contributed by atoms with Crippen molar-refractivity contribution in [3.05, 3.63) is 63.6 Å². The van der Waals surface area contributed by atoms with Crippen LogP contribution in [0.15, 0.2) is 41.2 Å². The van der Waals surface area contributed by atoms with E-state index in [-0.39, 0.29) is 28.3 Å². The number of pyridine rings is 1. The molecule has 188 valence electrons. The second kappa shape index (κ2) is 7.03. The fraction of sp³-hybridized carbons (Fsp3) is 0.600. The summed E-state index contributed by atoms with van der Waals surface area (Å²) in [7, 11) is 1.71. The van der Waals surface area contributed by atoms with Gasteiger partial charge in [0.2, 0.25) is 0 Å². The lowest BCUT2D eigenvalue weighted by Gasteiger charge is -2.68. The number of hydrogen-bond acceptors (Lipinski definition) is 4. The Labute approximate surface area is 211 Å². The summed E-state index contributed by atoms with van der Waals surface area (Å²) in [5.74, 6) is 1.30. The highest BCUT2D eigenvalue weighted by Gasteiger charge is 2.76. The summed E-state index contributed by atoms with van der Waals surface area (Å²) < 4.78 is 1.50. The van der Waals surface area contributed by atoms with Crippen LogP contribution >= 0.6 is 0 Å². The molecule has 4 bridgehead atoms. The second-order valence-corrected chi connectivity index (χ2v) is 12.6. The van der Waals surface area contributed by atoms with E-state index in [0.717, 1.165) is 44.8 Å². The number of carbonyl (C=O) groups is 1. The molecule has 5 unspecified atom stereocenters. The SMILES string of the molecule is Cn1c(C(=O)N2C[C@H]3CC45CCC2C3C42CCN(C3CCC3)C5Cc3ccc(O)cc32)cccc1=O. The van der Waals surface area contributed by atoms with Crippen LogP contribution in [0.2, 0.25) is 0 Å². The number of fused-ring (bicyclic) bond motifs is 1. The molecule has 6 nitrogen and oxygen atoms in total. The minimum Gasteiger partial charge on any atom is -0.508 e. The summed E-state index contributed by atoms with van der Waals surface area (Å²) in [6.45, 7) is 1.94. The molecule has 8 rings (SSSR count). The smallest absolute Gasteiger partial charge is 0.270 e. The van der Waals surface area contributed by atoms with Gasteiger partial charge in [-0.05, 0) is 98.1 Å². The quantitative estimate of drug-likeness (QED) is 0.708. The van der Waals surface area contributed by atoms with E-state index in [1.807, 2.05) is 6.07 Å². The predicted molar refractivity (Wildman–Crippen MR) is 136 cm³/mol. The summed E-state index contributed by atoms with van der Waals surface area (Å²) >= 11 is 0. The number of phenolic OH excluding ortho intramolecular Hbond substituents is 1. The number of hydrogen-bond donors (Lipinski definition) is 1. The molecule has 3 heterocycles. The topological polar surface area (TPSA) is 65.8 Å². The van der Waals surface area contributed by atoms with Crippen molar-refractivity contribution < 1.29 is 9.90 Å². The van der Waals surface area contributed by atoms with Crippen molar-refractivity contribution >= 4 is 5.91 Å². The number of rotatable bonds is 2. The predicted octanol–water partition coefficient (Wildman–Crippen LogP) is 3.45. The van der Waals surface area contributed by atoms with Crippen LogP contribution in [-0.4, -0.2) is 56.6 Å². The van der Waals surface area contributed by atoms with Gasteiger partial charge < -0.3 is 14.6 Å². The molecule has 6 heteroatoms. The Morgan fingerprint density at radius 3 is 2.78 bits per heavy atom. The number of benzene rings is 1. The Hall–Kier alpha value is -2.60. The number of carbonyl (C=O) groups excluding carboxylic acids is 1. The van der Waals surface area contributed by atoms with Gasteiger partial charge in [-0.15, -0.1) is 0 Å². The minimum atomic E-state index is -0.135. The lowest BCUT2D eigenvalue weighted by molar-refractivity contribution is -0.122. The van der Waals surface area contributed by atoms with Crippen LogP contribution in [0.4, 0.5) is 0 Å². The number of piperidine rings is 1. The zero-order chi connectivity index (χ0) is 24.4. The van der Waals surface area contributed by atoms with E-state index in [2.05, 4.69) is 21.9 Å². The average Bonchev–Trinajstić information content (AvgIpc) is 3.28. The third-order valence-corrected chi connectivity index (χ3v) is 11.7. The molecule has 1 aromatic heterocycles. The summed E-state index contributed by atoms with van der Waals surface area (Å²) in [6.07, 6.45) is 9.69. The van der Waals surface area contributed by atoms with Crippen molar-refractivity contribution in [2.45, 2.75) is 74.9 Å². The normalized spacial score (nSPS) is 38.4. The molecule has 6 aliphatic rings. The molecule has 1 N–H and O–H groups in total. The standard InChI is InChI=1S/C30H35N3O3/c1-31-24(6-3-7-26(31)35)28(36)33-17-19-16-29-11-10-23(33)27(19)30(29)12-13-32(20-4-2-5-20)25(29)14-18-8-9-21(34)15-22(18)30/h3,6-9,15,19-20,23,25,27,34H,2,4-5,10-14,16-17H2,1H3/t19-,23?,25?,27?,29?,30?/m1/s1. The van der Waals surface area contributed by atoms with E-state index in [0.29, 0.717) is 29.3 Å². The number of amides is 1. The summed E-state index contributed by atoms with van der Waals surface area (Å²) in [4.78, 5) is 31.2. The van der Waals surface area contributed by atoms with Crippen molar-refractivity contribution in [3.8, 4) is 5.75 Å². The highest BCUT2D eigenvalue weighted by Crippen LogP contribution is 2.75. The van der Waals surface area contributed by atoms with E-state index in [1.54, 1.807) is 19.2 Å². The summed E-state index contributed by atoms with van der Waals surface area (Å²) in [5.41, 5.74) is 3.47. The number of aromatic hydroxyl groups is 1. The minimum absolute atomic E-state index is 0.00824. The Kier molecular flexibility index (Phi) is 4.20. The molecular weight excluding hydrogens is 450 g/mol. The van der Waals surface area contributed by atoms with Gasteiger partial charge in [0.25, 0.3) is 11.5 Å². The van der Waals surface area contributed by atoms with E-state index in [9.17, 15) is 14.7 Å². The fourth-order valence-electron chi connectivity index (χ4n) is 10.3. The second-order valence-electron chi connectivity index (χ2n) is 12.6. The maximum atomic E-state index is 13.9. The van der Waals surface area contributed by atoms with E-state index in [4.69, 9.17) is 0 Å². The average molecular weight is 486 g/mol. The van der Waals surface area contributed by atoms with Crippen LogP contribution in [0, 0.1) is 17.3 Å². The largest absolute Gasteiger partial charge is 0.508 e. The van der Waals surface area contributed by atoms with Crippen molar-refractivity contribution in [1.29, 1.82) is 0 Å². The monoisotopic (exact) mass is 485 g/mol. The van der Waals surface area contributed by atoms with Crippen LogP contribution in [0.3, 0.4) is 0 Å². The lowest BCUT2D eigenvalue weighted by atomic mass is 9.43. The van der Waals surface area contributed by atoms with E-state index < -0.39 is 0 Å². The number of aromatic nitrogens is 1. The highest BCUT2D eigenvalue weighted by molar-refractivity contribution is 5.93. The first kappa shape index (κ1) is 21.5.